The zero-order valence-corrected chi connectivity index (χ0v) is 17.2. The molecule has 1 fully saturated rings. The topological polar surface area (TPSA) is 46.5 Å². The molecule has 4 rings (SSSR count). The van der Waals surface area contributed by atoms with Gasteiger partial charge in [-0.3, -0.25) is 9.69 Å². The molecule has 1 N–H and O–H groups in total. The lowest BCUT2D eigenvalue weighted by molar-refractivity contribution is 0.0926. The summed E-state index contributed by atoms with van der Waals surface area (Å²) in [5.41, 5.74) is 3.02. The fourth-order valence-corrected chi connectivity index (χ4v) is 4.32. The van der Waals surface area contributed by atoms with Crippen molar-refractivity contribution in [2.75, 3.05) is 26.7 Å². The summed E-state index contributed by atoms with van der Waals surface area (Å²) in [4.78, 5) is 15.5. The first-order valence-corrected chi connectivity index (χ1v) is 10.4. The highest BCUT2D eigenvalue weighted by molar-refractivity contribution is 6.06. The first-order chi connectivity index (χ1) is 14.2. The number of ether oxygens (including phenoxy) is 1. The van der Waals surface area contributed by atoms with Gasteiger partial charge in [-0.05, 0) is 49.7 Å². The molecule has 0 spiro atoms. The Kier molecular flexibility index (Phi) is 5.86. The Balaban J connectivity index is 1.54. The summed E-state index contributed by atoms with van der Waals surface area (Å²) >= 11 is 0. The number of hydrogen-bond donors (Lipinski definition) is 1. The van der Waals surface area contributed by atoms with E-state index in [4.69, 9.17) is 4.74 Å². The van der Waals surface area contributed by atoms with Gasteiger partial charge in [0.2, 0.25) is 0 Å². The summed E-state index contributed by atoms with van der Waals surface area (Å²) in [5, 5.41) is 4.20. The molecule has 5 nitrogen and oxygen atoms in total. The minimum atomic E-state index is -0.0164. The van der Waals surface area contributed by atoms with E-state index in [0.29, 0.717) is 6.54 Å². The number of likely N-dealkylation sites (tertiary alicyclic amines) is 1. The van der Waals surface area contributed by atoms with Crippen LogP contribution in [-0.4, -0.2) is 42.1 Å². The molecule has 5 heteroatoms. The van der Waals surface area contributed by atoms with Gasteiger partial charge in [-0.1, -0.05) is 36.8 Å². The summed E-state index contributed by atoms with van der Waals surface area (Å²) in [5.74, 6) is 0.836. The second-order valence-electron chi connectivity index (χ2n) is 7.77. The highest BCUT2D eigenvalue weighted by Crippen LogP contribution is 2.26. The molecule has 0 unspecified atom stereocenters. The van der Waals surface area contributed by atoms with Crippen molar-refractivity contribution in [2.45, 2.75) is 25.3 Å². The van der Waals surface area contributed by atoms with Crippen LogP contribution in [0.2, 0.25) is 0 Å². The Hall–Kier alpha value is -2.79. The Morgan fingerprint density at radius 2 is 1.79 bits per heavy atom. The molecule has 0 saturated carbocycles. The predicted octanol–water partition coefficient (Wildman–Crippen LogP) is 4.14. The maximum atomic E-state index is 13.0. The van der Waals surface area contributed by atoms with Gasteiger partial charge < -0.3 is 14.6 Å². The maximum absolute atomic E-state index is 13.0. The molecule has 0 radical (unpaired) electrons. The molecule has 1 amide bonds. The van der Waals surface area contributed by atoms with Crippen molar-refractivity contribution >= 4 is 16.8 Å². The average molecular weight is 392 g/mol. The molecule has 0 bridgehead atoms. The van der Waals surface area contributed by atoms with Crippen molar-refractivity contribution in [1.29, 1.82) is 0 Å². The lowest BCUT2D eigenvalue weighted by Crippen LogP contribution is -2.40. The van der Waals surface area contributed by atoms with Crippen molar-refractivity contribution in [1.82, 2.24) is 14.8 Å². The summed E-state index contributed by atoms with van der Waals surface area (Å²) in [7, 11) is 3.66. The normalized spacial score (nSPS) is 15.9. The van der Waals surface area contributed by atoms with E-state index in [-0.39, 0.29) is 11.9 Å². The molecular weight excluding hydrogens is 362 g/mol. The fraction of sp³-hybridized carbons (Fsp3) is 0.375. The number of aromatic nitrogens is 1. The lowest BCUT2D eigenvalue weighted by atomic mass is 10.0. The smallest absolute Gasteiger partial charge is 0.253 e. The minimum Gasteiger partial charge on any atom is -0.497 e. The van der Waals surface area contributed by atoms with E-state index in [1.54, 1.807) is 7.11 Å². The molecule has 2 aromatic carbocycles. The molecule has 1 atom stereocenters. The maximum Gasteiger partial charge on any atom is 0.253 e. The van der Waals surface area contributed by atoms with Gasteiger partial charge in [0, 0.05) is 30.7 Å². The molecule has 3 aromatic rings. The molecule has 2 heterocycles. The van der Waals surface area contributed by atoms with Gasteiger partial charge in [-0.15, -0.1) is 0 Å². The van der Waals surface area contributed by atoms with Crippen LogP contribution >= 0.6 is 0 Å². The number of methoxy groups -OCH3 is 1. The Morgan fingerprint density at radius 1 is 1.07 bits per heavy atom. The Morgan fingerprint density at radius 3 is 2.52 bits per heavy atom. The van der Waals surface area contributed by atoms with Crippen molar-refractivity contribution < 1.29 is 9.53 Å². The van der Waals surface area contributed by atoms with Gasteiger partial charge in [-0.2, -0.15) is 0 Å². The van der Waals surface area contributed by atoms with Gasteiger partial charge in [0.25, 0.3) is 5.91 Å². The van der Waals surface area contributed by atoms with Crippen LogP contribution in [-0.2, 0) is 7.05 Å². The number of piperidine rings is 1. The number of nitrogens with zero attached hydrogens (tertiary/aromatic N) is 2. The van der Waals surface area contributed by atoms with E-state index in [1.807, 2.05) is 54.2 Å². The summed E-state index contributed by atoms with van der Waals surface area (Å²) in [6.45, 7) is 2.73. The average Bonchev–Trinajstić information content (AvgIpc) is 3.12. The van der Waals surface area contributed by atoms with E-state index >= 15 is 0 Å². The van der Waals surface area contributed by atoms with Crippen LogP contribution < -0.4 is 10.1 Å². The molecule has 29 heavy (non-hydrogen) atoms. The zero-order valence-electron chi connectivity index (χ0n) is 17.2. The third-order valence-electron chi connectivity index (χ3n) is 5.93. The third-order valence-corrected chi connectivity index (χ3v) is 5.93. The van der Waals surface area contributed by atoms with E-state index in [1.165, 1.54) is 24.8 Å². The van der Waals surface area contributed by atoms with Gasteiger partial charge in [-0.25, -0.2) is 0 Å². The number of para-hydroxylation sites is 1. The summed E-state index contributed by atoms with van der Waals surface area (Å²) < 4.78 is 7.32. The Bertz CT molecular complexity index is 971. The number of fused-ring (bicyclic) bond motifs is 1. The van der Waals surface area contributed by atoms with Gasteiger partial charge in [0.15, 0.2) is 0 Å². The van der Waals surface area contributed by atoms with E-state index in [0.717, 1.165) is 35.3 Å². The SMILES string of the molecule is COc1ccc([C@H](CNC(=O)c2cn(C)c3ccccc23)N2CCCCC2)cc1. The molecular formula is C24H29N3O2. The van der Waals surface area contributed by atoms with Crippen LogP contribution in [0.1, 0.15) is 41.2 Å². The van der Waals surface area contributed by atoms with Crippen molar-refractivity contribution in [3.8, 4) is 5.75 Å². The van der Waals surface area contributed by atoms with Crippen LogP contribution in [0.4, 0.5) is 0 Å². The molecule has 1 saturated heterocycles. The fourth-order valence-electron chi connectivity index (χ4n) is 4.32. The molecule has 0 aliphatic carbocycles. The first kappa shape index (κ1) is 19.5. The van der Waals surface area contributed by atoms with E-state index in [2.05, 4.69) is 22.3 Å². The number of hydrogen-bond acceptors (Lipinski definition) is 3. The van der Waals surface area contributed by atoms with Crippen LogP contribution in [0.5, 0.6) is 5.75 Å². The van der Waals surface area contributed by atoms with Crippen molar-refractivity contribution in [3.05, 3.63) is 65.9 Å². The number of carbonyl (C=O) groups is 1. The van der Waals surface area contributed by atoms with Gasteiger partial charge >= 0.3 is 0 Å². The summed E-state index contributed by atoms with van der Waals surface area (Å²) in [6, 6.07) is 16.4. The van der Waals surface area contributed by atoms with E-state index in [9.17, 15) is 4.79 Å². The van der Waals surface area contributed by atoms with Crippen LogP contribution in [0.15, 0.2) is 54.7 Å². The van der Waals surface area contributed by atoms with Crippen LogP contribution in [0.3, 0.4) is 0 Å². The highest BCUT2D eigenvalue weighted by Gasteiger charge is 2.24. The standard InChI is InChI=1S/C24H29N3O2/c1-26-17-21(20-8-4-5-9-22(20)26)24(28)25-16-23(27-14-6-3-7-15-27)18-10-12-19(29-2)13-11-18/h4-5,8-13,17,23H,3,6-7,14-16H2,1-2H3,(H,25,28)/t23-/m0/s1. The van der Waals surface area contributed by atoms with Gasteiger partial charge in [0.05, 0.1) is 18.7 Å². The van der Waals surface area contributed by atoms with Crippen molar-refractivity contribution in [3.63, 3.8) is 0 Å². The highest BCUT2D eigenvalue weighted by atomic mass is 16.5. The first-order valence-electron chi connectivity index (χ1n) is 10.4. The zero-order chi connectivity index (χ0) is 20.2. The predicted molar refractivity (Wildman–Crippen MR) is 116 cm³/mol. The molecule has 1 aromatic heterocycles. The third kappa shape index (κ3) is 4.15. The number of aryl methyl sites for hydroxylation is 1. The lowest BCUT2D eigenvalue weighted by Gasteiger charge is -2.35. The molecule has 1 aliphatic rings. The van der Waals surface area contributed by atoms with Crippen molar-refractivity contribution in [2.24, 2.45) is 7.05 Å². The largest absolute Gasteiger partial charge is 0.497 e. The van der Waals surface area contributed by atoms with Crippen LogP contribution in [0.25, 0.3) is 10.9 Å². The Labute approximate surface area is 172 Å². The molecule has 152 valence electrons. The number of rotatable bonds is 6. The second-order valence-corrected chi connectivity index (χ2v) is 7.77. The van der Waals surface area contributed by atoms with Gasteiger partial charge in [0.1, 0.15) is 5.75 Å². The number of nitrogens with one attached hydrogen (secondary N) is 1. The number of benzene rings is 2. The number of amides is 1. The number of carbonyl (C=O) groups excluding carboxylic acids is 1. The minimum absolute atomic E-state index is 0.0164. The monoisotopic (exact) mass is 391 g/mol. The summed E-state index contributed by atoms with van der Waals surface area (Å²) in [6.07, 6.45) is 5.63. The van der Waals surface area contributed by atoms with E-state index < -0.39 is 0 Å². The second kappa shape index (κ2) is 8.70. The molecule has 1 aliphatic heterocycles. The van der Waals surface area contributed by atoms with Crippen LogP contribution in [0, 0.1) is 0 Å². The quantitative estimate of drug-likeness (QED) is 0.687.